The van der Waals surface area contributed by atoms with E-state index in [4.69, 9.17) is 16.3 Å². The first-order valence-electron chi connectivity index (χ1n) is 10.3. The Morgan fingerprint density at radius 1 is 1.03 bits per heavy atom. The molecule has 1 amide bonds. The number of ether oxygens (including phenoxy) is 1. The van der Waals surface area contributed by atoms with Crippen LogP contribution in [0.25, 0.3) is 11.0 Å². The predicted octanol–water partition coefficient (Wildman–Crippen LogP) is 4.57. The Kier molecular flexibility index (Phi) is 6.54. The Morgan fingerprint density at radius 2 is 1.76 bits per heavy atom. The molecule has 1 heterocycles. The van der Waals surface area contributed by atoms with E-state index in [0.29, 0.717) is 27.5 Å². The highest BCUT2D eigenvalue weighted by Crippen LogP contribution is 2.26. The van der Waals surface area contributed by atoms with E-state index in [9.17, 15) is 14.4 Å². The van der Waals surface area contributed by atoms with Gasteiger partial charge in [0.15, 0.2) is 6.04 Å². The fourth-order valence-corrected chi connectivity index (χ4v) is 3.46. The first kappa shape index (κ1) is 22.9. The molecule has 8 nitrogen and oxygen atoms in total. The largest absolute Gasteiger partial charge is 0.423 e. The van der Waals surface area contributed by atoms with Gasteiger partial charge in [-0.1, -0.05) is 35.9 Å². The Bertz CT molecular complexity index is 1440. The van der Waals surface area contributed by atoms with Crippen LogP contribution in [0.5, 0.6) is 5.75 Å². The van der Waals surface area contributed by atoms with Crippen LogP contribution in [0.3, 0.4) is 0 Å². The van der Waals surface area contributed by atoms with Gasteiger partial charge in [-0.2, -0.15) is 15.0 Å². The summed E-state index contributed by atoms with van der Waals surface area (Å²) in [6.07, 6.45) is 0. The number of carbonyl (C=O) groups is 2. The molecule has 1 aromatic heterocycles. The van der Waals surface area contributed by atoms with Crippen molar-refractivity contribution in [3.63, 3.8) is 0 Å². The lowest BCUT2D eigenvalue weighted by molar-refractivity contribution is -0.118. The number of nitrogens with one attached hydrogen (secondary N) is 1. The van der Waals surface area contributed by atoms with E-state index >= 15 is 0 Å². The van der Waals surface area contributed by atoms with Gasteiger partial charge in [-0.25, -0.2) is 9.59 Å². The van der Waals surface area contributed by atoms with Crippen LogP contribution in [-0.2, 0) is 9.59 Å². The van der Waals surface area contributed by atoms with Gasteiger partial charge in [0.1, 0.15) is 22.7 Å². The second-order valence-corrected chi connectivity index (χ2v) is 7.99. The van der Waals surface area contributed by atoms with E-state index in [1.807, 2.05) is 19.1 Å². The maximum Gasteiger partial charge on any atom is 0.343 e. The first-order chi connectivity index (χ1) is 16.4. The van der Waals surface area contributed by atoms with Crippen molar-refractivity contribution < 1.29 is 19.1 Å². The molecule has 0 fully saturated rings. The third-order valence-electron chi connectivity index (χ3n) is 5.02. The van der Waals surface area contributed by atoms with E-state index in [1.54, 1.807) is 54.5 Å². The molecule has 0 aliphatic heterocycles. The Morgan fingerprint density at radius 3 is 2.50 bits per heavy atom. The van der Waals surface area contributed by atoms with E-state index in [0.717, 1.165) is 10.4 Å². The summed E-state index contributed by atoms with van der Waals surface area (Å²) in [5.41, 5.74) is 2.42. The molecule has 0 radical (unpaired) electrons. The summed E-state index contributed by atoms with van der Waals surface area (Å²) in [6, 6.07) is 17.4. The third kappa shape index (κ3) is 4.88. The normalized spacial score (nSPS) is 11.5. The molecule has 0 aliphatic rings. The van der Waals surface area contributed by atoms with Crippen molar-refractivity contribution in [2.45, 2.75) is 19.9 Å². The monoisotopic (exact) mass is 474 g/mol. The summed E-state index contributed by atoms with van der Waals surface area (Å²) >= 11 is 6.19. The number of anilines is 1. The molecular weight excluding hydrogens is 456 g/mol. The molecule has 0 aliphatic carbocycles. The third-order valence-corrected chi connectivity index (χ3v) is 5.35. The summed E-state index contributed by atoms with van der Waals surface area (Å²) in [6.45, 7) is 3.33. The number of hydrogen-bond acceptors (Lipinski definition) is 6. The van der Waals surface area contributed by atoms with E-state index in [2.05, 4.69) is 15.5 Å². The number of para-hydroxylation sites is 1. The van der Waals surface area contributed by atoms with E-state index in [-0.39, 0.29) is 11.1 Å². The fourth-order valence-electron chi connectivity index (χ4n) is 3.29. The van der Waals surface area contributed by atoms with Gasteiger partial charge in [0.2, 0.25) is 0 Å². The number of halogens is 1. The average Bonchev–Trinajstić information content (AvgIpc) is 3.24. The molecule has 3 aromatic carbocycles. The maximum absolute atomic E-state index is 13.1. The first-order valence-corrected chi connectivity index (χ1v) is 10.7. The molecule has 0 saturated heterocycles. The van der Waals surface area contributed by atoms with Gasteiger partial charge in [0, 0.05) is 5.57 Å². The van der Waals surface area contributed by atoms with Crippen LogP contribution >= 0.6 is 11.6 Å². The number of benzene rings is 3. The number of nitrogens with zero attached hydrogens (tertiary/aromatic N) is 3. The Balaban J connectivity index is 1.64. The zero-order chi connectivity index (χ0) is 24.2. The van der Waals surface area contributed by atoms with Gasteiger partial charge in [-0.3, -0.25) is 4.79 Å². The number of aryl methyl sites for hydroxylation is 1. The minimum absolute atomic E-state index is 0.0743. The predicted molar refractivity (Wildman–Crippen MR) is 128 cm³/mol. The van der Waals surface area contributed by atoms with Crippen molar-refractivity contribution in [2.24, 2.45) is 0 Å². The van der Waals surface area contributed by atoms with Crippen LogP contribution in [-0.4, -0.2) is 32.8 Å². The summed E-state index contributed by atoms with van der Waals surface area (Å²) in [4.78, 5) is 38.2. The summed E-state index contributed by atoms with van der Waals surface area (Å²) in [5.74, 6) is 1.05. The number of aromatic nitrogens is 3. The van der Waals surface area contributed by atoms with Crippen LogP contribution in [0.1, 0.15) is 28.9 Å². The summed E-state index contributed by atoms with van der Waals surface area (Å²) in [5, 5.41) is 11.7. The SMILES string of the molecule is CC(=C=O)C(C(=O)Nc1cc(C)ccc1Cl)n1nc2ccc(C(=O)Oc3ccccc3)cc2n1. The molecule has 1 N–H and O–H groups in total. The molecule has 1 unspecified atom stereocenters. The summed E-state index contributed by atoms with van der Waals surface area (Å²) < 4.78 is 5.36. The topological polar surface area (TPSA) is 103 Å². The van der Waals surface area contributed by atoms with Crippen molar-refractivity contribution in [3.05, 3.63) is 88.5 Å². The van der Waals surface area contributed by atoms with Crippen molar-refractivity contribution in [1.82, 2.24) is 15.0 Å². The molecule has 4 aromatic rings. The number of esters is 1. The highest BCUT2D eigenvalue weighted by atomic mass is 35.5. The second kappa shape index (κ2) is 9.70. The lowest BCUT2D eigenvalue weighted by Gasteiger charge is -2.15. The number of rotatable bonds is 6. The second-order valence-electron chi connectivity index (χ2n) is 7.59. The molecule has 34 heavy (non-hydrogen) atoms. The van der Waals surface area contributed by atoms with Gasteiger partial charge >= 0.3 is 5.97 Å². The highest BCUT2D eigenvalue weighted by molar-refractivity contribution is 6.33. The van der Waals surface area contributed by atoms with Crippen LogP contribution in [0.2, 0.25) is 5.02 Å². The minimum Gasteiger partial charge on any atom is -0.423 e. The van der Waals surface area contributed by atoms with Crippen molar-refractivity contribution >= 4 is 46.1 Å². The van der Waals surface area contributed by atoms with Gasteiger partial charge < -0.3 is 10.1 Å². The lowest BCUT2D eigenvalue weighted by atomic mass is 10.1. The number of amides is 1. The van der Waals surface area contributed by atoms with Gasteiger partial charge in [0.05, 0.1) is 16.3 Å². The van der Waals surface area contributed by atoms with Gasteiger partial charge in [0.25, 0.3) is 5.91 Å². The molecule has 0 bridgehead atoms. The maximum atomic E-state index is 13.1. The minimum atomic E-state index is -1.17. The van der Waals surface area contributed by atoms with Crippen molar-refractivity contribution in [3.8, 4) is 5.75 Å². The molecule has 9 heteroatoms. The number of hydrogen-bond donors (Lipinski definition) is 1. The van der Waals surface area contributed by atoms with Crippen LogP contribution in [0, 0.1) is 6.92 Å². The van der Waals surface area contributed by atoms with Crippen molar-refractivity contribution in [1.29, 1.82) is 0 Å². The van der Waals surface area contributed by atoms with Gasteiger partial charge in [-0.05, 0) is 61.9 Å². The van der Waals surface area contributed by atoms with Crippen LogP contribution < -0.4 is 10.1 Å². The fraction of sp³-hybridized carbons (Fsp3) is 0.120. The molecule has 4 rings (SSSR count). The Hall–Kier alpha value is -4.26. The zero-order valence-electron chi connectivity index (χ0n) is 18.3. The molecule has 0 saturated carbocycles. The van der Waals surface area contributed by atoms with Gasteiger partial charge in [-0.15, -0.1) is 0 Å². The van der Waals surface area contributed by atoms with E-state index < -0.39 is 17.9 Å². The smallest absolute Gasteiger partial charge is 0.343 e. The zero-order valence-corrected chi connectivity index (χ0v) is 19.0. The average molecular weight is 475 g/mol. The summed E-state index contributed by atoms with van der Waals surface area (Å²) in [7, 11) is 0. The lowest BCUT2D eigenvalue weighted by Crippen LogP contribution is -2.29. The Labute approximate surface area is 199 Å². The molecular formula is C25H19ClN4O4. The highest BCUT2D eigenvalue weighted by Gasteiger charge is 2.27. The quantitative estimate of drug-likeness (QED) is 0.249. The number of fused-ring (bicyclic) bond motifs is 1. The molecule has 0 spiro atoms. The van der Waals surface area contributed by atoms with E-state index in [1.165, 1.54) is 13.0 Å². The standard InChI is InChI=1S/C25H19ClN4O4/c1-15-8-10-19(26)21(12-15)27-24(32)23(16(2)14-31)30-28-20-11-9-17(13-22(20)29-30)25(33)34-18-6-4-3-5-7-18/h3-13,23H,1-2H3,(H,27,32). The van der Waals surface area contributed by atoms with Crippen molar-refractivity contribution in [2.75, 3.05) is 5.32 Å². The van der Waals surface area contributed by atoms with Crippen LogP contribution in [0.4, 0.5) is 5.69 Å². The number of carbonyl (C=O) groups excluding carboxylic acids is 3. The molecule has 1 atom stereocenters. The van der Waals surface area contributed by atoms with Crippen LogP contribution in [0.15, 0.2) is 72.3 Å². The molecule has 170 valence electrons.